The molecule has 6 heteroatoms. The topological polar surface area (TPSA) is 63.2 Å². The zero-order valence-corrected chi connectivity index (χ0v) is 17.5. The van der Waals surface area contributed by atoms with Crippen LogP contribution in [0.3, 0.4) is 0 Å². The maximum atomic E-state index is 12.5. The third-order valence-corrected chi connectivity index (χ3v) is 7.05. The molecule has 4 nitrogen and oxygen atoms in total. The molecule has 0 fully saturated rings. The van der Waals surface area contributed by atoms with Crippen molar-refractivity contribution in [3.8, 4) is 0 Å². The minimum atomic E-state index is -3.80. The van der Waals surface area contributed by atoms with Gasteiger partial charge in [0.25, 0.3) is 10.0 Å². The molecule has 1 N–H and O–H groups in total. The van der Waals surface area contributed by atoms with E-state index in [-0.39, 0.29) is 21.4 Å². The largest absolute Gasteiger partial charge is 0.274 e. The Kier molecular flexibility index (Phi) is 7.05. The summed E-state index contributed by atoms with van der Waals surface area (Å²) in [7, 11) is -3.80. The van der Waals surface area contributed by atoms with Crippen LogP contribution in [0.25, 0.3) is 0 Å². The maximum absolute atomic E-state index is 12.5. The lowest BCUT2D eigenvalue weighted by molar-refractivity contribution is -0.124. The fourth-order valence-electron chi connectivity index (χ4n) is 2.58. The average molecular weight is 374 g/mol. The minimum absolute atomic E-state index is 0.111. The molecule has 1 rings (SSSR count). The zero-order valence-electron chi connectivity index (χ0n) is 15.8. The lowest BCUT2D eigenvalue weighted by Gasteiger charge is -2.20. The molecular weight excluding hydrogens is 342 g/mol. The number of hydrogen-bond donors (Lipinski definition) is 1. The number of sulfonamides is 1. The van der Waals surface area contributed by atoms with Crippen molar-refractivity contribution in [2.75, 3.05) is 0 Å². The highest BCUT2D eigenvalue weighted by molar-refractivity contribution is 7.92. The number of amides is 1. The number of hydrogen-bond acceptors (Lipinski definition) is 4. The van der Waals surface area contributed by atoms with Crippen molar-refractivity contribution >= 4 is 27.3 Å². The van der Waals surface area contributed by atoms with E-state index in [9.17, 15) is 13.2 Å². The Morgan fingerprint density at radius 3 is 1.96 bits per heavy atom. The molecule has 0 unspecified atom stereocenters. The van der Waals surface area contributed by atoms with Gasteiger partial charge in [-0.05, 0) is 42.2 Å². The van der Waals surface area contributed by atoms with Gasteiger partial charge in [-0.1, -0.05) is 48.5 Å². The summed E-state index contributed by atoms with van der Waals surface area (Å²) in [4.78, 5) is 13.5. The smallest absolute Gasteiger partial charge is 0.273 e. The van der Waals surface area contributed by atoms with Crippen LogP contribution in [0.5, 0.6) is 0 Å². The predicted molar refractivity (Wildman–Crippen MR) is 101 cm³/mol. The van der Waals surface area contributed by atoms with Gasteiger partial charge in [0.05, 0.1) is 0 Å². The van der Waals surface area contributed by atoms with E-state index in [1.54, 1.807) is 6.07 Å². The summed E-state index contributed by atoms with van der Waals surface area (Å²) < 4.78 is 27.6. The highest BCUT2D eigenvalue weighted by Gasteiger charge is 2.28. The van der Waals surface area contributed by atoms with Crippen molar-refractivity contribution in [3.63, 3.8) is 0 Å². The Bertz CT molecular complexity index is 642. The van der Waals surface area contributed by atoms with Gasteiger partial charge in [-0.25, -0.2) is 13.1 Å². The van der Waals surface area contributed by atoms with Crippen LogP contribution in [0, 0.1) is 17.8 Å². The van der Waals surface area contributed by atoms with Gasteiger partial charge < -0.3 is 0 Å². The zero-order chi connectivity index (χ0) is 18.7. The molecule has 1 aromatic heterocycles. The van der Waals surface area contributed by atoms with E-state index in [1.807, 2.05) is 54.5 Å². The Morgan fingerprint density at radius 1 is 1.08 bits per heavy atom. The van der Waals surface area contributed by atoms with Gasteiger partial charge in [0, 0.05) is 10.8 Å². The molecule has 0 atom stereocenters. The SMILES string of the molecule is CC(C)CC(CC(C)C)C(=O)NS(=O)(=O)c1ccc(C(C)(C)C)s1. The molecule has 138 valence electrons. The van der Waals surface area contributed by atoms with E-state index in [2.05, 4.69) is 4.72 Å². The van der Waals surface area contributed by atoms with Crippen molar-refractivity contribution in [3.05, 3.63) is 17.0 Å². The van der Waals surface area contributed by atoms with E-state index in [1.165, 1.54) is 11.3 Å². The first-order chi connectivity index (χ1) is 10.8. The second-order valence-electron chi connectivity index (χ2n) is 8.29. The first-order valence-corrected chi connectivity index (χ1v) is 10.8. The monoisotopic (exact) mass is 373 g/mol. The summed E-state index contributed by atoms with van der Waals surface area (Å²) in [6.07, 6.45) is 1.38. The molecule has 0 bridgehead atoms. The van der Waals surface area contributed by atoms with E-state index < -0.39 is 10.0 Å². The van der Waals surface area contributed by atoms with E-state index in [0.29, 0.717) is 24.7 Å². The average Bonchev–Trinajstić information content (AvgIpc) is 2.86. The number of nitrogens with one attached hydrogen (secondary N) is 1. The van der Waals surface area contributed by atoms with Crippen molar-refractivity contribution < 1.29 is 13.2 Å². The van der Waals surface area contributed by atoms with Crippen LogP contribution in [0.1, 0.15) is 66.2 Å². The fourth-order valence-corrected chi connectivity index (χ4v) is 4.99. The van der Waals surface area contributed by atoms with Crippen molar-refractivity contribution in [2.24, 2.45) is 17.8 Å². The maximum Gasteiger partial charge on any atom is 0.273 e. The molecule has 0 aliphatic heterocycles. The van der Waals surface area contributed by atoms with Crippen LogP contribution in [-0.4, -0.2) is 14.3 Å². The lowest BCUT2D eigenvalue weighted by Crippen LogP contribution is -2.36. The normalized spacial score (nSPS) is 13.1. The van der Waals surface area contributed by atoms with Gasteiger partial charge in [0.1, 0.15) is 4.21 Å². The van der Waals surface area contributed by atoms with Crippen LogP contribution < -0.4 is 4.72 Å². The van der Waals surface area contributed by atoms with Gasteiger partial charge in [0.15, 0.2) is 0 Å². The molecule has 0 aromatic carbocycles. The Balaban J connectivity index is 2.95. The van der Waals surface area contributed by atoms with Crippen molar-refractivity contribution in [1.82, 2.24) is 4.72 Å². The van der Waals surface area contributed by atoms with E-state index in [4.69, 9.17) is 0 Å². The molecule has 1 aromatic rings. The molecule has 0 aliphatic carbocycles. The Labute approximate surface area is 151 Å². The first-order valence-electron chi connectivity index (χ1n) is 8.50. The number of carbonyl (C=O) groups excluding carboxylic acids is 1. The molecule has 0 radical (unpaired) electrons. The molecule has 0 spiro atoms. The highest BCUT2D eigenvalue weighted by atomic mass is 32.2. The van der Waals surface area contributed by atoms with Crippen LogP contribution in [0.2, 0.25) is 0 Å². The highest BCUT2D eigenvalue weighted by Crippen LogP contribution is 2.32. The molecule has 24 heavy (non-hydrogen) atoms. The molecule has 0 saturated carbocycles. The third-order valence-electron chi connectivity index (χ3n) is 3.70. The lowest BCUT2D eigenvalue weighted by atomic mass is 9.89. The number of carbonyl (C=O) groups is 1. The van der Waals surface area contributed by atoms with E-state index in [0.717, 1.165) is 4.88 Å². The second kappa shape index (κ2) is 8.00. The summed E-state index contributed by atoms with van der Waals surface area (Å²) in [6, 6.07) is 3.41. The van der Waals surface area contributed by atoms with Crippen molar-refractivity contribution in [2.45, 2.75) is 70.9 Å². The predicted octanol–water partition coefficient (Wildman–Crippen LogP) is 4.56. The second-order valence-corrected chi connectivity index (χ2v) is 11.3. The summed E-state index contributed by atoms with van der Waals surface area (Å²) >= 11 is 1.23. The molecule has 1 amide bonds. The van der Waals surface area contributed by atoms with Gasteiger partial charge in [-0.3, -0.25) is 4.79 Å². The molecule has 0 saturated heterocycles. The van der Waals surface area contributed by atoms with Crippen LogP contribution in [0.4, 0.5) is 0 Å². The van der Waals surface area contributed by atoms with Gasteiger partial charge >= 0.3 is 0 Å². The van der Waals surface area contributed by atoms with Crippen LogP contribution in [0.15, 0.2) is 16.3 Å². The molecule has 1 heterocycles. The number of rotatable bonds is 7. The summed E-state index contributed by atoms with van der Waals surface area (Å²) in [5.41, 5.74) is -0.111. The Morgan fingerprint density at radius 2 is 1.58 bits per heavy atom. The van der Waals surface area contributed by atoms with Gasteiger partial charge in [0.2, 0.25) is 5.91 Å². The van der Waals surface area contributed by atoms with E-state index >= 15 is 0 Å². The first kappa shape index (κ1) is 21.2. The molecular formula is C18H31NO3S2. The van der Waals surface area contributed by atoms with Crippen LogP contribution >= 0.6 is 11.3 Å². The molecule has 0 aliphatic rings. The third kappa shape index (κ3) is 6.20. The van der Waals surface area contributed by atoms with Crippen LogP contribution in [-0.2, 0) is 20.2 Å². The summed E-state index contributed by atoms with van der Waals surface area (Å²) in [6.45, 7) is 14.3. The fraction of sp³-hybridized carbons (Fsp3) is 0.722. The van der Waals surface area contributed by atoms with Gasteiger partial charge in [-0.15, -0.1) is 11.3 Å². The summed E-state index contributed by atoms with van der Waals surface area (Å²) in [5, 5.41) is 0. The number of thiophene rings is 1. The van der Waals surface area contributed by atoms with Crippen molar-refractivity contribution in [1.29, 1.82) is 0 Å². The minimum Gasteiger partial charge on any atom is -0.274 e. The Hall–Kier alpha value is -0.880. The summed E-state index contributed by atoms with van der Waals surface area (Å²) in [5.74, 6) is 0.0257. The standard InChI is InChI=1S/C18H31NO3S2/c1-12(2)10-14(11-13(3)4)17(20)19-24(21,22)16-9-8-15(23-16)18(5,6)7/h8-9,12-14H,10-11H2,1-7H3,(H,19,20). The quantitative estimate of drug-likeness (QED) is 0.762. The van der Waals surface area contributed by atoms with Gasteiger partial charge in [-0.2, -0.15) is 0 Å².